The van der Waals surface area contributed by atoms with E-state index in [1.165, 1.54) is 24.4 Å². The van der Waals surface area contributed by atoms with E-state index in [1.54, 1.807) is 18.2 Å². The van der Waals surface area contributed by atoms with E-state index in [4.69, 9.17) is 5.11 Å². The summed E-state index contributed by atoms with van der Waals surface area (Å²) in [6.07, 6.45) is 1.43. The molecule has 2 rings (SSSR count). The summed E-state index contributed by atoms with van der Waals surface area (Å²) in [6, 6.07) is 9.30. The highest BCUT2D eigenvalue weighted by atomic mass is 32.2. The summed E-state index contributed by atoms with van der Waals surface area (Å²) >= 11 is 0.388. The van der Waals surface area contributed by atoms with Crippen LogP contribution in [0.2, 0.25) is 0 Å². The number of rotatable bonds is 5. The molecule has 20 heavy (non-hydrogen) atoms. The van der Waals surface area contributed by atoms with Crippen molar-refractivity contribution in [3.8, 4) is 0 Å². The first-order chi connectivity index (χ1) is 9.58. The Hall–Kier alpha value is -2.15. The van der Waals surface area contributed by atoms with Crippen LogP contribution in [0.1, 0.15) is 10.4 Å². The molecule has 0 fully saturated rings. The van der Waals surface area contributed by atoms with Gasteiger partial charge >= 0.3 is 5.97 Å². The fourth-order valence-corrected chi connectivity index (χ4v) is 2.17. The number of para-hydroxylation sites is 1. The van der Waals surface area contributed by atoms with Crippen LogP contribution in [-0.4, -0.2) is 21.8 Å². The molecule has 1 aromatic carbocycles. The molecule has 1 heterocycles. The lowest BCUT2D eigenvalue weighted by atomic mass is 10.2. The van der Waals surface area contributed by atoms with Crippen molar-refractivity contribution in [3.63, 3.8) is 0 Å². The van der Waals surface area contributed by atoms with E-state index in [1.807, 2.05) is 0 Å². The summed E-state index contributed by atoms with van der Waals surface area (Å²) in [6.45, 7) is 0. The van der Waals surface area contributed by atoms with Crippen molar-refractivity contribution in [2.24, 2.45) is 0 Å². The summed E-state index contributed by atoms with van der Waals surface area (Å²) < 4.78 is 24.9. The van der Waals surface area contributed by atoms with Crippen molar-refractivity contribution in [2.45, 2.75) is 10.7 Å². The van der Waals surface area contributed by atoms with Gasteiger partial charge in [0.05, 0.1) is 5.69 Å². The van der Waals surface area contributed by atoms with E-state index in [2.05, 4.69) is 10.3 Å². The van der Waals surface area contributed by atoms with Crippen molar-refractivity contribution < 1.29 is 18.7 Å². The van der Waals surface area contributed by atoms with Gasteiger partial charge in [0.1, 0.15) is 11.4 Å². The number of hydrogen-bond donors (Lipinski definition) is 2. The highest BCUT2D eigenvalue weighted by Gasteiger charge is 2.14. The minimum atomic E-state index is -2.55. The maximum atomic E-state index is 12.5. The van der Waals surface area contributed by atoms with Crippen LogP contribution < -0.4 is 5.32 Å². The molecule has 0 saturated heterocycles. The van der Waals surface area contributed by atoms with Crippen molar-refractivity contribution in [1.29, 1.82) is 0 Å². The van der Waals surface area contributed by atoms with Gasteiger partial charge in [-0.2, -0.15) is 8.78 Å². The molecule has 0 atom stereocenters. The maximum Gasteiger partial charge on any atom is 0.339 e. The number of aromatic nitrogens is 1. The normalized spacial score (nSPS) is 10.6. The number of anilines is 2. The van der Waals surface area contributed by atoms with E-state index >= 15 is 0 Å². The number of thioether (sulfide) groups is 1. The Labute approximate surface area is 117 Å². The molecular weight excluding hydrogens is 286 g/mol. The number of pyridine rings is 1. The third kappa shape index (κ3) is 3.45. The first-order valence-corrected chi connectivity index (χ1v) is 6.45. The number of carboxylic acids is 1. The molecule has 0 bridgehead atoms. The van der Waals surface area contributed by atoms with Gasteiger partial charge in [-0.15, -0.1) is 0 Å². The number of hydrogen-bond acceptors (Lipinski definition) is 4. The van der Waals surface area contributed by atoms with Crippen LogP contribution in [0.15, 0.2) is 47.5 Å². The first-order valence-electron chi connectivity index (χ1n) is 5.57. The maximum absolute atomic E-state index is 12.5. The van der Waals surface area contributed by atoms with Gasteiger partial charge in [-0.1, -0.05) is 23.9 Å². The zero-order valence-electron chi connectivity index (χ0n) is 10.1. The number of carbonyl (C=O) groups is 1. The molecule has 0 amide bonds. The van der Waals surface area contributed by atoms with Crippen LogP contribution in [0.4, 0.5) is 20.3 Å². The molecule has 7 heteroatoms. The predicted octanol–water partition coefficient (Wildman–Crippen LogP) is 3.84. The number of nitrogens with one attached hydrogen (secondary N) is 1. The average Bonchev–Trinajstić information content (AvgIpc) is 2.41. The number of nitrogens with zero attached hydrogens (tertiary/aromatic N) is 1. The summed E-state index contributed by atoms with van der Waals surface area (Å²) in [5, 5.41) is 11.8. The van der Waals surface area contributed by atoms with E-state index in [-0.39, 0.29) is 11.4 Å². The minimum absolute atomic E-state index is 0.0237. The zero-order chi connectivity index (χ0) is 14.5. The lowest BCUT2D eigenvalue weighted by Gasteiger charge is -2.12. The van der Waals surface area contributed by atoms with Gasteiger partial charge in [0.15, 0.2) is 0 Å². The van der Waals surface area contributed by atoms with E-state index in [0.29, 0.717) is 22.3 Å². The van der Waals surface area contributed by atoms with Crippen LogP contribution in [0.5, 0.6) is 0 Å². The molecule has 104 valence electrons. The Bertz CT molecular complexity index is 623. The fourth-order valence-electron chi connectivity index (χ4n) is 1.57. The lowest BCUT2D eigenvalue weighted by Crippen LogP contribution is -2.05. The van der Waals surface area contributed by atoms with Gasteiger partial charge in [-0.25, -0.2) is 9.78 Å². The Morgan fingerprint density at radius 1 is 1.25 bits per heavy atom. The van der Waals surface area contributed by atoms with E-state index in [9.17, 15) is 13.6 Å². The largest absolute Gasteiger partial charge is 0.478 e. The van der Waals surface area contributed by atoms with Gasteiger partial charge in [0.25, 0.3) is 5.76 Å². The second-order valence-corrected chi connectivity index (χ2v) is 4.74. The van der Waals surface area contributed by atoms with Crippen molar-refractivity contribution in [3.05, 3.63) is 48.2 Å². The molecule has 2 aromatic rings. The second kappa shape index (κ2) is 6.33. The molecule has 0 aliphatic rings. The molecule has 0 radical (unpaired) electrons. The standard InChI is InChI=1S/C13H10F2N2O2S/c14-13(15)20-10-6-2-1-5-9(10)17-11-8(12(18)19)4-3-7-16-11/h1-7,13H,(H,16,17)(H,18,19). The van der Waals surface area contributed by atoms with Crippen LogP contribution >= 0.6 is 11.8 Å². The first kappa shape index (κ1) is 14.3. The Morgan fingerprint density at radius 3 is 2.70 bits per heavy atom. The Morgan fingerprint density at radius 2 is 2.00 bits per heavy atom. The van der Waals surface area contributed by atoms with Crippen LogP contribution in [0, 0.1) is 0 Å². The Balaban J connectivity index is 2.33. The van der Waals surface area contributed by atoms with Gasteiger partial charge in [0, 0.05) is 11.1 Å². The van der Waals surface area contributed by atoms with Crippen LogP contribution in [0.3, 0.4) is 0 Å². The molecule has 4 nitrogen and oxygen atoms in total. The van der Waals surface area contributed by atoms with Gasteiger partial charge in [-0.3, -0.25) is 0 Å². The molecular formula is C13H10F2N2O2S. The summed E-state index contributed by atoms with van der Waals surface area (Å²) in [5.74, 6) is -3.58. The second-order valence-electron chi connectivity index (χ2n) is 3.70. The number of alkyl halides is 2. The van der Waals surface area contributed by atoms with Crippen molar-refractivity contribution in [2.75, 3.05) is 5.32 Å². The number of aromatic carboxylic acids is 1. The molecule has 2 N–H and O–H groups in total. The third-order valence-electron chi connectivity index (χ3n) is 2.39. The molecule has 1 aromatic heterocycles. The summed E-state index contributed by atoms with van der Waals surface area (Å²) in [4.78, 5) is 15.3. The van der Waals surface area contributed by atoms with E-state index in [0.717, 1.165) is 0 Å². The smallest absolute Gasteiger partial charge is 0.339 e. The molecule has 0 aliphatic carbocycles. The SMILES string of the molecule is O=C(O)c1cccnc1Nc1ccccc1SC(F)F. The van der Waals surface area contributed by atoms with Gasteiger partial charge in [0.2, 0.25) is 0 Å². The number of benzene rings is 1. The van der Waals surface area contributed by atoms with Crippen molar-refractivity contribution in [1.82, 2.24) is 4.98 Å². The van der Waals surface area contributed by atoms with Crippen LogP contribution in [-0.2, 0) is 0 Å². The highest BCUT2D eigenvalue weighted by molar-refractivity contribution is 7.99. The highest BCUT2D eigenvalue weighted by Crippen LogP contribution is 2.33. The fraction of sp³-hybridized carbons (Fsp3) is 0.0769. The molecule has 0 spiro atoms. The van der Waals surface area contributed by atoms with Crippen LogP contribution in [0.25, 0.3) is 0 Å². The summed E-state index contributed by atoms with van der Waals surface area (Å²) in [7, 11) is 0. The van der Waals surface area contributed by atoms with E-state index < -0.39 is 11.7 Å². The van der Waals surface area contributed by atoms with Crippen molar-refractivity contribution >= 4 is 29.2 Å². The summed E-state index contributed by atoms with van der Waals surface area (Å²) in [5.41, 5.74) is 0.364. The zero-order valence-corrected chi connectivity index (χ0v) is 10.9. The monoisotopic (exact) mass is 296 g/mol. The quantitative estimate of drug-likeness (QED) is 0.821. The molecule has 0 saturated carbocycles. The Kier molecular flexibility index (Phi) is 4.52. The minimum Gasteiger partial charge on any atom is -0.478 e. The number of halogens is 2. The molecule has 0 aliphatic heterocycles. The molecule has 0 unspecified atom stereocenters. The third-order valence-corrected chi connectivity index (χ3v) is 3.18. The topological polar surface area (TPSA) is 62.2 Å². The predicted molar refractivity (Wildman–Crippen MR) is 72.8 cm³/mol. The lowest BCUT2D eigenvalue weighted by molar-refractivity contribution is 0.0697. The van der Waals surface area contributed by atoms with Gasteiger partial charge < -0.3 is 10.4 Å². The number of carboxylic acid groups (broad SMARTS) is 1. The van der Waals surface area contributed by atoms with Gasteiger partial charge in [-0.05, 0) is 24.3 Å². The average molecular weight is 296 g/mol.